The van der Waals surface area contributed by atoms with Gasteiger partial charge in [0.25, 0.3) is 0 Å². The molecule has 0 aliphatic carbocycles. The zero-order chi connectivity index (χ0) is 19.1. The second kappa shape index (κ2) is 22.3. The van der Waals surface area contributed by atoms with E-state index >= 15 is 0 Å². The van der Waals surface area contributed by atoms with Gasteiger partial charge in [0.05, 0.1) is 6.26 Å². The fourth-order valence-electron chi connectivity index (χ4n) is 3.23. The first-order valence-corrected chi connectivity index (χ1v) is 11.7. The van der Waals surface area contributed by atoms with Crippen molar-refractivity contribution in [3.63, 3.8) is 0 Å². The monoisotopic (exact) mass is 366 g/mol. The van der Waals surface area contributed by atoms with Gasteiger partial charge in [-0.1, -0.05) is 110 Å². The second-order valence-corrected chi connectivity index (χ2v) is 7.70. The quantitative estimate of drug-likeness (QED) is 0.123. The zero-order valence-electron chi connectivity index (χ0n) is 17.9. The molecule has 0 rings (SSSR count). The van der Waals surface area contributed by atoms with Gasteiger partial charge in [0.2, 0.25) is 0 Å². The van der Waals surface area contributed by atoms with Crippen molar-refractivity contribution < 1.29 is 9.53 Å². The summed E-state index contributed by atoms with van der Waals surface area (Å²) in [5.41, 5.74) is 0. The van der Waals surface area contributed by atoms with E-state index in [9.17, 15) is 4.79 Å². The van der Waals surface area contributed by atoms with Crippen molar-refractivity contribution in [2.24, 2.45) is 0 Å². The van der Waals surface area contributed by atoms with E-state index in [4.69, 9.17) is 4.74 Å². The second-order valence-electron chi connectivity index (χ2n) is 7.70. The fraction of sp³-hybridized carbons (Fsp3) is 0.875. The van der Waals surface area contributed by atoms with Gasteiger partial charge in [0, 0.05) is 6.42 Å². The Labute approximate surface area is 164 Å². The van der Waals surface area contributed by atoms with Crippen molar-refractivity contribution in [2.75, 3.05) is 0 Å². The third-order valence-corrected chi connectivity index (χ3v) is 5.00. The highest BCUT2D eigenvalue weighted by molar-refractivity contribution is 5.69. The average Bonchev–Trinajstić information content (AvgIpc) is 2.64. The summed E-state index contributed by atoms with van der Waals surface area (Å²) < 4.78 is 5.14. The molecule has 154 valence electrons. The van der Waals surface area contributed by atoms with E-state index in [0.717, 1.165) is 19.3 Å². The Kier molecular flexibility index (Phi) is 21.6. The lowest BCUT2D eigenvalue weighted by molar-refractivity contribution is -0.138. The van der Waals surface area contributed by atoms with Crippen LogP contribution in [-0.2, 0) is 9.53 Å². The van der Waals surface area contributed by atoms with Crippen LogP contribution in [0.5, 0.6) is 0 Å². The topological polar surface area (TPSA) is 26.3 Å². The van der Waals surface area contributed by atoms with Crippen molar-refractivity contribution in [1.29, 1.82) is 0 Å². The van der Waals surface area contributed by atoms with Crippen molar-refractivity contribution in [3.05, 3.63) is 12.3 Å². The van der Waals surface area contributed by atoms with Gasteiger partial charge in [-0.15, -0.1) is 0 Å². The van der Waals surface area contributed by atoms with Crippen molar-refractivity contribution in [1.82, 2.24) is 0 Å². The molecule has 0 N–H and O–H groups in total. The van der Waals surface area contributed by atoms with Crippen LogP contribution in [0.3, 0.4) is 0 Å². The number of allylic oxidation sites excluding steroid dienone is 1. The molecule has 0 aliphatic rings. The molecule has 2 nitrogen and oxygen atoms in total. The maximum atomic E-state index is 11.5. The first-order valence-electron chi connectivity index (χ1n) is 11.7. The summed E-state index contributed by atoms with van der Waals surface area (Å²) in [5, 5.41) is 0. The molecule has 0 aliphatic heterocycles. The van der Waals surface area contributed by atoms with Crippen LogP contribution in [0.2, 0.25) is 0 Å². The van der Waals surface area contributed by atoms with Gasteiger partial charge in [-0.3, -0.25) is 4.79 Å². The van der Waals surface area contributed by atoms with Crippen LogP contribution in [0, 0.1) is 0 Å². The third-order valence-electron chi connectivity index (χ3n) is 5.00. The number of esters is 1. The Morgan fingerprint density at radius 1 is 0.615 bits per heavy atom. The molecule has 0 saturated heterocycles. The van der Waals surface area contributed by atoms with E-state index in [0.29, 0.717) is 6.42 Å². The van der Waals surface area contributed by atoms with Crippen LogP contribution in [0.25, 0.3) is 0 Å². The molecule has 0 fully saturated rings. The number of hydrogen-bond donors (Lipinski definition) is 0. The summed E-state index contributed by atoms with van der Waals surface area (Å²) in [5.74, 6) is -0.0764. The molecule has 0 bridgehead atoms. The van der Waals surface area contributed by atoms with Gasteiger partial charge in [-0.2, -0.15) is 0 Å². The standard InChI is InChI=1S/C24H46O2/c1-3-5-7-9-10-11-12-13-14-15-16-17-19-21-23-26-24(25)22-20-18-8-6-4-2/h21,23H,3-20,22H2,1-2H3. The van der Waals surface area contributed by atoms with Crippen molar-refractivity contribution >= 4 is 5.97 Å². The highest BCUT2D eigenvalue weighted by Gasteiger charge is 2.00. The third kappa shape index (κ3) is 21.3. The lowest BCUT2D eigenvalue weighted by Gasteiger charge is -2.02. The van der Waals surface area contributed by atoms with Crippen molar-refractivity contribution in [3.8, 4) is 0 Å². The largest absolute Gasteiger partial charge is 0.435 e. The first-order chi connectivity index (χ1) is 12.8. The van der Waals surface area contributed by atoms with Crippen molar-refractivity contribution in [2.45, 2.75) is 136 Å². The Morgan fingerprint density at radius 2 is 1.04 bits per heavy atom. The van der Waals surface area contributed by atoms with Gasteiger partial charge >= 0.3 is 5.97 Å². The highest BCUT2D eigenvalue weighted by Crippen LogP contribution is 2.12. The molecule has 0 radical (unpaired) electrons. The van der Waals surface area contributed by atoms with Crippen LogP contribution in [0.4, 0.5) is 0 Å². The lowest BCUT2D eigenvalue weighted by atomic mass is 10.0. The Bertz CT molecular complexity index is 309. The number of rotatable bonds is 20. The van der Waals surface area contributed by atoms with E-state index in [1.165, 1.54) is 96.3 Å². The molecule has 0 heterocycles. The number of hydrogen-bond acceptors (Lipinski definition) is 2. The summed E-state index contributed by atoms with van der Waals surface area (Å²) >= 11 is 0. The molecule has 0 unspecified atom stereocenters. The Hall–Kier alpha value is -0.790. The number of unbranched alkanes of at least 4 members (excludes halogenated alkanes) is 16. The van der Waals surface area contributed by atoms with Gasteiger partial charge in [0.1, 0.15) is 0 Å². The molecule has 0 amide bonds. The van der Waals surface area contributed by atoms with Gasteiger partial charge in [0.15, 0.2) is 0 Å². The minimum atomic E-state index is -0.0764. The Balaban J connectivity index is 3.19. The van der Waals surface area contributed by atoms with Gasteiger partial charge < -0.3 is 4.74 Å². The van der Waals surface area contributed by atoms with Crippen LogP contribution in [-0.4, -0.2) is 5.97 Å². The highest BCUT2D eigenvalue weighted by atomic mass is 16.5. The van der Waals surface area contributed by atoms with Crippen LogP contribution in [0.1, 0.15) is 136 Å². The van der Waals surface area contributed by atoms with Crippen LogP contribution in [0.15, 0.2) is 12.3 Å². The molecule has 0 saturated carbocycles. The predicted octanol–water partition coefficient (Wildman–Crippen LogP) is 8.50. The number of carbonyl (C=O) groups is 1. The molecule has 0 aromatic heterocycles. The normalized spacial score (nSPS) is 11.3. The molecular weight excluding hydrogens is 320 g/mol. The summed E-state index contributed by atoms with van der Waals surface area (Å²) in [4.78, 5) is 11.5. The van der Waals surface area contributed by atoms with E-state index in [-0.39, 0.29) is 5.97 Å². The van der Waals surface area contributed by atoms with Crippen LogP contribution >= 0.6 is 0 Å². The van der Waals surface area contributed by atoms with E-state index < -0.39 is 0 Å². The predicted molar refractivity (Wildman–Crippen MR) is 114 cm³/mol. The van der Waals surface area contributed by atoms with Gasteiger partial charge in [-0.05, 0) is 25.3 Å². The lowest BCUT2D eigenvalue weighted by Crippen LogP contribution is -1.98. The number of ether oxygens (including phenoxy) is 1. The minimum Gasteiger partial charge on any atom is -0.435 e. The zero-order valence-corrected chi connectivity index (χ0v) is 17.9. The molecule has 0 spiro atoms. The fourth-order valence-corrected chi connectivity index (χ4v) is 3.23. The smallest absolute Gasteiger partial charge is 0.310 e. The summed E-state index contributed by atoms with van der Waals surface area (Å²) in [6.07, 6.45) is 27.6. The SMILES string of the molecule is CCCCCCCCCCCCCCC=COC(=O)CCCCCCC. The molecule has 26 heavy (non-hydrogen) atoms. The van der Waals surface area contributed by atoms with Crippen LogP contribution < -0.4 is 0 Å². The molecule has 0 aromatic carbocycles. The molecule has 2 heteroatoms. The molecule has 0 aromatic rings. The summed E-state index contributed by atoms with van der Waals surface area (Å²) in [6, 6.07) is 0. The molecular formula is C24H46O2. The van der Waals surface area contributed by atoms with Gasteiger partial charge in [-0.25, -0.2) is 0 Å². The Morgan fingerprint density at radius 3 is 1.54 bits per heavy atom. The first kappa shape index (κ1) is 25.2. The minimum absolute atomic E-state index is 0.0764. The maximum Gasteiger partial charge on any atom is 0.310 e. The summed E-state index contributed by atoms with van der Waals surface area (Å²) in [7, 11) is 0. The average molecular weight is 367 g/mol. The molecule has 0 atom stereocenters. The van der Waals surface area contributed by atoms with E-state index in [2.05, 4.69) is 13.8 Å². The number of carbonyl (C=O) groups excluding carboxylic acids is 1. The maximum absolute atomic E-state index is 11.5. The summed E-state index contributed by atoms with van der Waals surface area (Å²) in [6.45, 7) is 4.48. The van der Waals surface area contributed by atoms with E-state index in [1.807, 2.05) is 6.08 Å². The van der Waals surface area contributed by atoms with E-state index in [1.54, 1.807) is 6.26 Å².